The summed E-state index contributed by atoms with van der Waals surface area (Å²) in [4.78, 5) is 0. The van der Waals surface area contributed by atoms with Crippen LogP contribution in [0.3, 0.4) is 0 Å². The Morgan fingerprint density at radius 1 is 1.32 bits per heavy atom. The first-order chi connectivity index (χ1) is 9.20. The second-order valence-corrected chi connectivity index (χ2v) is 4.58. The summed E-state index contributed by atoms with van der Waals surface area (Å²) in [6.45, 7) is 2.51. The van der Waals surface area contributed by atoms with Crippen molar-refractivity contribution in [3.63, 3.8) is 0 Å². The van der Waals surface area contributed by atoms with Crippen molar-refractivity contribution in [1.29, 1.82) is 0 Å². The van der Waals surface area contributed by atoms with Gasteiger partial charge in [0.1, 0.15) is 6.10 Å². The highest BCUT2D eigenvalue weighted by atomic mass is 16.5. The minimum absolute atomic E-state index is 0.300. The Hall–Kier alpha value is -1.65. The number of aliphatic hydroxyl groups is 1. The Labute approximate surface area is 113 Å². The summed E-state index contributed by atoms with van der Waals surface area (Å²) in [6, 6.07) is 9.83. The van der Waals surface area contributed by atoms with Gasteiger partial charge in [0.15, 0.2) is 0 Å². The monoisotopic (exact) mass is 260 g/mol. The van der Waals surface area contributed by atoms with Crippen LogP contribution in [0.5, 0.6) is 0 Å². The van der Waals surface area contributed by atoms with Crippen molar-refractivity contribution in [2.24, 2.45) is 7.05 Å². The lowest BCUT2D eigenvalue weighted by Gasteiger charge is -2.23. The Kier molecular flexibility index (Phi) is 4.71. The van der Waals surface area contributed by atoms with Gasteiger partial charge in [0.2, 0.25) is 0 Å². The van der Waals surface area contributed by atoms with Crippen LogP contribution in [0.15, 0.2) is 42.7 Å². The standard InChI is InChI=1S/C15H20N2O2/c1-3-19-15(13-7-5-4-6-8-13)14(18)9-12-10-16-17(2)11-12/h4-8,10-11,14-15,18H,3,9H2,1-2H3. The molecule has 0 bridgehead atoms. The zero-order valence-electron chi connectivity index (χ0n) is 11.4. The number of aliphatic hydroxyl groups excluding tert-OH is 1. The molecule has 19 heavy (non-hydrogen) atoms. The molecule has 0 aliphatic heterocycles. The molecule has 0 aliphatic rings. The number of rotatable bonds is 6. The molecular weight excluding hydrogens is 240 g/mol. The van der Waals surface area contributed by atoms with E-state index in [1.807, 2.05) is 50.5 Å². The molecular formula is C15H20N2O2. The molecule has 1 aromatic carbocycles. The number of ether oxygens (including phenoxy) is 1. The van der Waals surface area contributed by atoms with Gasteiger partial charge in [-0.3, -0.25) is 4.68 Å². The van der Waals surface area contributed by atoms with E-state index in [-0.39, 0.29) is 6.10 Å². The van der Waals surface area contributed by atoms with E-state index in [0.717, 1.165) is 11.1 Å². The summed E-state index contributed by atoms with van der Waals surface area (Å²) >= 11 is 0. The SMILES string of the molecule is CCOC(c1ccccc1)C(O)Cc1cnn(C)c1. The van der Waals surface area contributed by atoms with Gasteiger partial charge >= 0.3 is 0 Å². The summed E-state index contributed by atoms with van der Waals surface area (Å²) in [6.07, 6.45) is 3.35. The smallest absolute Gasteiger partial charge is 0.109 e. The molecule has 1 N–H and O–H groups in total. The van der Waals surface area contributed by atoms with Crippen LogP contribution in [0.2, 0.25) is 0 Å². The van der Waals surface area contributed by atoms with E-state index >= 15 is 0 Å². The van der Waals surface area contributed by atoms with Crippen LogP contribution in [0.1, 0.15) is 24.2 Å². The summed E-state index contributed by atoms with van der Waals surface area (Å²) in [5, 5.41) is 14.5. The maximum atomic E-state index is 10.4. The lowest BCUT2D eigenvalue weighted by Crippen LogP contribution is -2.23. The molecule has 0 amide bonds. The van der Waals surface area contributed by atoms with E-state index in [0.29, 0.717) is 13.0 Å². The molecule has 0 saturated heterocycles. The summed E-state index contributed by atoms with van der Waals surface area (Å²) < 4.78 is 7.43. The lowest BCUT2D eigenvalue weighted by atomic mass is 10.00. The van der Waals surface area contributed by atoms with Gasteiger partial charge in [-0.1, -0.05) is 30.3 Å². The summed E-state index contributed by atoms with van der Waals surface area (Å²) in [5.74, 6) is 0. The van der Waals surface area contributed by atoms with Gasteiger partial charge in [0, 0.05) is 26.3 Å². The van der Waals surface area contributed by atoms with Crippen molar-refractivity contribution in [3.05, 3.63) is 53.9 Å². The average Bonchev–Trinajstić information content (AvgIpc) is 2.82. The molecule has 0 spiro atoms. The third-order valence-electron chi connectivity index (χ3n) is 3.03. The van der Waals surface area contributed by atoms with Gasteiger partial charge in [0.25, 0.3) is 0 Å². The van der Waals surface area contributed by atoms with E-state index < -0.39 is 6.10 Å². The highest BCUT2D eigenvalue weighted by molar-refractivity contribution is 5.19. The minimum Gasteiger partial charge on any atom is -0.390 e. The van der Waals surface area contributed by atoms with Crippen LogP contribution in [0.4, 0.5) is 0 Å². The highest BCUT2D eigenvalue weighted by Crippen LogP contribution is 2.23. The molecule has 1 heterocycles. The molecule has 1 aromatic heterocycles. The second-order valence-electron chi connectivity index (χ2n) is 4.58. The fourth-order valence-electron chi connectivity index (χ4n) is 2.18. The van der Waals surface area contributed by atoms with Crippen molar-refractivity contribution in [2.45, 2.75) is 25.6 Å². The third kappa shape index (κ3) is 3.66. The van der Waals surface area contributed by atoms with E-state index in [9.17, 15) is 5.11 Å². The number of hydrogen-bond donors (Lipinski definition) is 1. The molecule has 2 atom stereocenters. The quantitative estimate of drug-likeness (QED) is 0.865. The number of benzene rings is 1. The molecule has 2 aromatic rings. The molecule has 0 aliphatic carbocycles. The van der Waals surface area contributed by atoms with Crippen LogP contribution in [-0.4, -0.2) is 27.6 Å². The van der Waals surface area contributed by atoms with Crippen LogP contribution in [0, 0.1) is 0 Å². The van der Waals surface area contributed by atoms with E-state index in [2.05, 4.69) is 5.10 Å². The van der Waals surface area contributed by atoms with Gasteiger partial charge in [-0.05, 0) is 18.1 Å². The molecule has 102 valence electrons. The molecule has 2 unspecified atom stereocenters. The molecule has 4 heteroatoms. The van der Waals surface area contributed by atoms with Crippen molar-refractivity contribution in [3.8, 4) is 0 Å². The normalized spacial score (nSPS) is 14.3. The Morgan fingerprint density at radius 2 is 2.05 bits per heavy atom. The van der Waals surface area contributed by atoms with Gasteiger partial charge in [-0.25, -0.2) is 0 Å². The third-order valence-corrected chi connectivity index (χ3v) is 3.03. The number of hydrogen-bond acceptors (Lipinski definition) is 3. The topological polar surface area (TPSA) is 47.3 Å². The van der Waals surface area contributed by atoms with Crippen LogP contribution < -0.4 is 0 Å². The van der Waals surface area contributed by atoms with Crippen LogP contribution in [0.25, 0.3) is 0 Å². The first kappa shape index (κ1) is 13.8. The van der Waals surface area contributed by atoms with Gasteiger partial charge in [0.05, 0.1) is 12.3 Å². The van der Waals surface area contributed by atoms with Gasteiger partial charge in [-0.2, -0.15) is 5.10 Å². The predicted molar refractivity (Wildman–Crippen MR) is 73.7 cm³/mol. The second kappa shape index (κ2) is 6.50. The van der Waals surface area contributed by atoms with Crippen LogP contribution in [-0.2, 0) is 18.2 Å². The first-order valence-electron chi connectivity index (χ1n) is 6.53. The number of aromatic nitrogens is 2. The lowest BCUT2D eigenvalue weighted by molar-refractivity contribution is -0.0339. The molecule has 4 nitrogen and oxygen atoms in total. The number of aryl methyl sites for hydroxylation is 1. The van der Waals surface area contributed by atoms with E-state index in [1.165, 1.54) is 0 Å². The molecule has 0 saturated carbocycles. The minimum atomic E-state index is -0.577. The fourth-order valence-corrected chi connectivity index (χ4v) is 2.18. The van der Waals surface area contributed by atoms with Crippen molar-refractivity contribution >= 4 is 0 Å². The molecule has 0 fully saturated rings. The van der Waals surface area contributed by atoms with Crippen molar-refractivity contribution in [1.82, 2.24) is 9.78 Å². The maximum Gasteiger partial charge on any atom is 0.109 e. The fraction of sp³-hybridized carbons (Fsp3) is 0.400. The van der Waals surface area contributed by atoms with Crippen molar-refractivity contribution < 1.29 is 9.84 Å². The van der Waals surface area contributed by atoms with Crippen LogP contribution >= 0.6 is 0 Å². The van der Waals surface area contributed by atoms with E-state index in [4.69, 9.17) is 4.74 Å². The first-order valence-corrected chi connectivity index (χ1v) is 6.53. The Balaban J connectivity index is 2.10. The molecule has 2 rings (SSSR count). The maximum absolute atomic E-state index is 10.4. The summed E-state index contributed by atoms with van der Waals surface area (Å²) in [5.41, 5.74) is 2.01. The summed E-state index contributed by atoms with van der Waals surface area (Å²) in [7, 11) is 1.87. The van der Waals surface area contributed by atoms with Gasteiger partial charge < -0.3 is 9.84 Å². The van der Waals surface area contributed by atoms with E-state index in [1.54, 1.807) is 10.9 Å². The predicted octanol–water partition coefficient (Wildman–Crippen LogP) is 2.10. The average molecular weight is 260 g/mol. The molecule has 0 radical (unpaired) electrons. The highest BCUT2D eigenvalue weighted by Gasteiger charge is 2.22. The largest absolute Gasteiger partial charge is 0.390 e. The number of nitrogens with zero attached hydrogens (tertiary/aromatic N) is 2. The van der Waals surface area contributed by atoms with Crippen molar-refractivity contribution in [2.75, 3.05) is 6.61 Å². The zero-order valence-corrected chi connectivity index (χ0v) is 11.4. The zero-order chi connectivity index (χ0) is 13.7. The Bertz CT molecular complexity index is 496. The Morgan fingerprint density at radius 3 is 2.63 bits per heavy atom. The van der Waals surface area contributed by atoms with Gasteiger partial charge in [-0.15, -0.1) is 0 Å².